The topological polar surface area (TPSA) is 84.6 Å². The van der Waals surface area contributed by atoms with Crippen molar-refractivity contribution in [2.45, 2.75) is 25.3 Å². The Morgan fingerprint density at radius 2 is 2.04 bits per heavy atom. The fourth-order valence-corrected chi connectivity index (χ4v) is 4.87. The van der Waals surface area contributed by atoms with Crippen LogP contribution in [-0.2, 0) is 9.53 Å². The predicted octanol–water partition coefficient (Wildman–Crippen LogP) is 1.76. The molecule has 2 aromatic rings. The summed E-state index contributed by atoms with van der Waals surface area (Å²) in [4.78, 5) is 25.9. The number of amides is 1. The predicted molar refractivity (Wildman–Crippen MR) is 100 cm³/mol. The number of rotatable bonds is 3. The summed E-state index contributed by atoms with van der Waals surface area (Å²) in [5, 5.41) is 4.21. The van der Waals surface area contributed by atoms with Crippen molar-refractivity contribution in [2.75, 3.05) is 39.9 Å². The highest BCUT2D eigenvalue weighted by Gasteiger charge is 2.53. The summed E-state index contributed by atoms with van der Waals surface area (Å²) in [7, 11) is 2.10. The van der Waals surface area contributed by atoms with Gasteiger partial charge in [-0.3, -0.25) is 14.7 Å². The zero-order chi connectivity index (χ0) is 19.1. The third kappa shape index (κ3) is 3.10. The maximum Gasteiger partial charge on any atom is 0.276 e. The number of nitrogens with zero attached hydrogens (tertiary/aromatic N) is 5. The minimum Gasteiger partial charge on any atom is -0.381 e. The van der Waals surface area contributed by atoms with E-state index in [0.29, 0.717) is 36.5 Å². The molecule has 0 N–H and O–H groups in total. The molecule has 148 valence electrons. The number of carbonyl (C=O) groups excluding carboxylic acids is 1. The van der Waals surface area contributed by atoms with Crippen molar-refractivity contribution in [3.05, 3.63) is 30.2 Å². The zero-order valence-electron chi connectivity index (χ0n) is 16.1. The van der Waals surface area contributed by atoms with Gasteiger partial charge in [-0.1, -0.05) is 11.2 Å². The number of aromatic nitrogens is 3. The van der Waals surface area contributed by atoms with Crippen molar-refractivity contribution in [3.8, 4) is 11.6 Å². The molecule has 5 heterocycles. The second kappa shape index (κ2) is 6.93. The molecule has 8 nitrogen and oxygen atoms in total. The summed E-state index contributed by atoms with van der Waals surface area (Å²) >= 11 is 0. The number of hydrogen-bond acceptors (Lipinski definition) is 7. The molecule has 0 radical (unpaired) electrons. The van der Waals surface area contributed by atoms with Crippen LogP contribution in [0.3, 0.4) is 0 Å². The standard InChI is InChI=1S/C20H25N5O3/c1-24-11-20(12-25(13-20)19(26)14-5-8-27-9-6-14)10-16(24)17-22-18(28-23-17)15-4-2-3-7-21-15/h2-4,7,14,16H,5-6,8-13H2,1H3. The zero-order valence-corrected chi connectivity index (χ0v) is 16.1. The molecule has 3 aliphatic heterocycles. The molecule has 8 heteroatoms. The van der Waals surface area contributed by atoms with E-state index in [0.717, 1.165) is 38.9 Å². The second-order valence-electron chi connectivity index (χ2n) is 8.39. The maximum absolute atomic E-state index is 12.7. The average Bonchev–Trinajstić information content (AvgIpc) is 3.32. The van der Waals surface area contributed by atoms with E-state index in [9.17, 15) is 4.79 Å². The van der Waals surface area contributed by atoms with Gasteiger partial charge < -0.3 is 14.2 Å². The highest BCUT2D eigenvalue weighted by Crippen LogP contribution is 2.47. The van der Waals surface area contributed by atoms with E-state index in [1.54, 1.807) is 6.20 Å². The van der Waals surface area contributed by atoms with Crippen molar-refractivity contribution in [2.24, 2.45) is 11.3 Å². The Morgan fingerprint density at radius 1 is 1.21 bits per heavy atom. The lowest BCUT2D eigenvalue weighted by Gasteiger charge is -2.49. The van der Waals surface area contributed by atoms with Crippen LogP contribution in [0, 0.1) is 11.3 Å². The summed E-state index contributed by atoms with van der Waals surface area (Å²) in [5.74, 6) is 1.60. The number of carbonyl (C=O) groups is 1. The number of pyridine rings is 1. The fourth-order valence-electron chi connectivity index (χ4n) is 4.87. The van der Waals surface area contributed by atoms with E-state index in [4.69, 9.17) is 9.26 Å². The lowest BCUT2D eigenvalue weighted by Crippen LogP contribution is -2.60. The van der Waals surface area contributed by atoms with E-state index in [1.807, 2.05) is 23.1 Å². The lowest BCUT2D eigenvalue weighted by molar-refractivity contribution is -0.150. The van der Waals surface area contributed by atoms with Crippen LogP contribution in [0.15, 0.2) is 28.9 Å². The number of ether oxygens (including phenoxy) is 1. The van der Waals surface area contributed by atoms with Crippen LogP contribution in [0.5, 0.6) is 0 Å². The minimum atomic E-state index is 0.113. The molecular weight excluding hydrogens is 358 g/mol. The smallest absolute Gasteiger partial charge is 0.276 e. The molecule has 1 atom stereocenters. The molecule has 1 spiro atoms. The van der Waals surface area contributed by atoms with Crippen LogP contribution in [0.2, 0.25) is 0 Å². The molecule has 3 saturated heterocycles. The van der Waals surface area contributed by atoms with Gasteiger partial charge in [-0.05, 0) is 38.4 Å². The Balaban J connectivity index is 1.24. The third-order valence-electron chi connectivity index (χ3n) is 6.30. The molecule has 3 aliphatic rings. The monoisotopic (exact) mass is 383 g/mol. The molecule has 1 amide bonds. The molecule has 0 bridgehead atoms. The quantitative estimate of drug-likeness (QED) is 0.798. The lowest BCUT2D eigenvalue weighted by atomic mass is 9.76. The molecule has 1 unspecified atom stereocenters. The van der Waals surface area contributed by atoms with Gasteiger partial charge in [-0.15, -0.1) is 0 Å². The van der Waals surface area contributed by atoms with Crippen molar-refractivity contribution in [3.63, 3.8) is 0 Å². The first-order valence-corrected chi connectivity index (χ1v) is 9.95. The summed E-state index contributed by atoms with van der Waals surface area (Å²) in [5.41, 5.74) is 0.833. The van der Waals surface area contributed by atoms with Gasteiger partial charge in [0.1, 0.15) is 5.69 Å². The molecule has 2 aromatic heterocycles. The van der Waals surface area contributed by atoms with Gasteiger partial charge in [0.05, 0.1) is 6.04 Å². The van der Waals surface area contributed by atoms with Crippen molar-refractivity contribution >= 4 is 5.91 Å². The maximum atomic E-state index is 12.7. The van der Waals surface area contributed by atoms with Crippen LogP contribution in [-0.4, -0.2) is 70.7 Å². The summed E-state index contributed by atoms with van der Waals surface area (Å²) in [6, 6.07) is 5.74. The first-order chi connectivity index (χ1) is 13.6. The van der Waals surface area contributed by atoms with E-state index < -0.39 is 0 Å². The van der Waals surface area contributed by atoms with Gasteiger partial charge in [0, 0.05) is 50.4 Å². The summed E-state index contributed by atoms with van der Waals surface area (Å²) in [6.45, 7) is 4.01. The van der Waals surface area contributed by atoms with Gasteiger partial charge in [0.25, 0.3) is 5.89 Å². The molecule has 5 rings (SSSR count). The first-order valence-electron chi connectivity index (χ1n) is 9.95. The Hall–Kier alpha value is -2.32. The summed E-state index contributed by atoms with van der Waals surface area (Å²) < 4.78 is 10.8. The Bertz CT molecular complexity index is 843. The minimum absolute atomic E-state index is 0.113. The largest absolute Gasteiger partial charge is 0.381 e. The molecule has 0 aromatic carbocycles. The highest BCUT2D eigenvalue weighted by molar-refractivity contribution is 5.80. The number of likely N-dealkylation sites (tertiary alicyclic amines) is 2. The van der Waals surface area contributed by atoms with Crippen molar-refractivity contribution in [1.82, 2.24) is 24.9 Å². The van der Waals surface area contributed by atoms with Crippen LogP contribution in [0.4, 0.5) is 0 Å². The van der Waals surface area contributed by atoms with Crippen LogP contribution in [0.1, 0.15) is 31.1 Å². The molecular formula is C20H25N5O3. The molecule has 0 saturated carbocycles. The van der Waals surface area contributed by atoms with E-state index in [1.165, 1.54) is 0 Å². The molecule has 3 fully saturated rings. The molecule has 0 aliphatic carbocycles. The van der Waals surface area contributed by atoms with E-state index >= 15 is 0 Å². The molecule has 28 heavy (non-hydrogen) atoms. The Kier molecular flexibility index (Phi) is 4.40. The average molecular weight is 383 g/mol. The van der Waals surface area contributed by atoms with Crippen LogP contribution in [0.25, 0.3) is 11.6 Å². The summed E-state index contributed by atoms with van der Waals surface area (Å²) in [6.07, 6.45) is 4.37. The normalized spacial score (nSPS) is 25.2. The van der Waals surface area contributed by atoms with Gasteiger partial charge in [0.15, 0.2) is 5.82 Å². The van der Waals surface area contributed by atoms with Gasteiger partial charge in [-0.25, -0.2) is 0 Å². The van der Waals surface area contributed by atoms with Gasteiger partial charge in [0.2, 0.25) is 5.91 Å². The van der Waals surface area contributed by atoms with E-state index in [2.05, 4.69) is 27.1 Å². The fraction of sp³-hybridized carbons (Fsp3) is 0.600. The van der Waals surface area contributed by atoms with Crippen molar-refractivity contribution < 1.29 is 14.1 Å². The van der Waals surface area contributed by atoms with Gasteiger partial charge >= 0.3 is 0 Å². The Labute approximate surface area is 163 Å². The second-order valence-corrected chi connectivity index (χ2v) is 8.39. The third-order valence-corrected chi connectivity index (χ3v) is 6.30. The van der Waals surface area contributed by atoms with Crippen LogP contribution < -0.4 is 0 Å². The van der Waals surface area contributed by atoms with Crippen molar-refractivity contribution in [1.29, 1.82) is 0 Å². The first kappa shape index (κ1) is 17.8. The highest BCUT2D eigenvalue weighted by atomic mass is 16.5. The SMILES string of the molecule is CN1CC2(CC1c1noc(-c3ccccn3)n1)CN(C(=O)C1CCOCC1)C2. The Morgan fingerprint density at radius 3 is 2.79 bits per heavy atom. The van der Waals surface area contributed by atoms with Crippen LogP contribution >= 0.6 is 0 Å². The number of hydrogen-bond donors (Lipinski definition) is 0. The van der Waals surface area contributed by atoms with Gasteiger partial charge in [-0.2, -0.15) is 4.98 Å². The van der Waals surface area contributed by atoms with E-state index in [-0.39, 0.29) is 17.4 Å².